The molecule has 10 heteroatoms. The molecule has 0 aromatic carbocycles. The highest BCUT2D eigenvalue weighted by Crippen LogP contribution is 2.32. The summed E-state index contributed by atoms with van der Waals surface area (Å²) < 4.78 is 18.5. The van der Waals surface area contributed by atoms with Crippen molar-refractivity contribution in [1.82, 2.24) is 9.55 Å². The SMILES string of the molecule is CCCCCCCCCCCCCCCCCCCCCC(=O)OC[C@H]1O[C@@H](n2ccc(N)nc2=O)[C@@H](O)[C@@H]1OC(=O)CCCCCCCCCCCCCCCCCCCCC. The second-order valence-corrected chi connectivity index (χ2v) is 19.0. The monoisotopic (exact) mass is 888 g/mol. The van der Waals surface area contributed by atoms with Crippen LogP contribution in [0.15, 0.2) is 17.1 Å². The Kier molecular flexibility index (Phi) is 35.9. The van der Waals surface area contributed by atoms with E-state index >= 15 is 0 Å². The van der Waals surface area contributed by atoms with Crippen molar-refractivity contribution in [3.05, 3.63) is 22.7 Å². The number of aromatic nitrogens is 2. The molecule has 1 aromatic rings. The smallest absolute Gasteiger partial charge is 0.351 e. The van der Waals surface area contributed by atoms with Crippen molar-refractivity contribution in [2.45, 2.75) is 295 Å². The number of carbonyl (C=O) groups is 2. The molecular weight excluding hydrogens is 791 g/mol. The van der Waals surface area contributed by atoms with E-state index in [0.29, 0.717) is 12.8 Å². The van der Waals surface area contributed by atoms with Crippen LogP contribution < -0.4 is 11.4 Å². The van der Waals surface area contributed by atoms with E-state index in [1.54, 1.807) is 0 Å². The molecule has 3 N–H and O–H groups in total. The number of hydrogen-bond acceptors (Lipinski definition) is 9. The van der Waals surface area contributed by atoms with Gasteiger partial charge in [0.15, 0.2) is 12.3 Å². The fourth-order valence-corrected chi connectivity index (χ4v) is 9.00. The molecule has 0 amide bonds. The molecule has 0 spiro atoms. The van der Waals surface area contributed by atoms with Crippen LogP contribution in [0.25, 0.3) is 0 Å². The molecule has 1 aromatic heterocycles. The highest BCUT2D eigenvalue weighted by Gasteiger charge is 2.48. The average Bonchev–Trinajstić information content (AvgIpc) is 3.57. The van der Waals surface area contributed by atoms with Crippen molar-refractivity contribution >= 4 is 17.8 Å². The molecule has 63 heavy (non-hydrogen) atoms. The Balaban J connectivity index is 1.55. The van der Waals surface area contributed by atoms with E-state index in [-0.39, 0.29) is 24.8 Å². The summed E-state index contributed by atoms with van der Waals surface area (Å²) in [5.74, 6) is -0.746. The molecule has 10 nitrogen and oxygen atoms in total. The minimum absolute atomic E-state index is 0.0478. The molecule has 2 heterocycles. The van der Waals surface area contributed by atoms with Gasteiger partial charge in [0.1, 0.15) is 24.6 Å². The van der Waals surface area contributed by atoms with Crippen molar-refractivity contribution in [3.63, 3.8) is 0 Å². The summed E-state index contributed by atoms with van der Waals surface area (Å²) in [4.78, 5) is 42.0. The minimum atomic E-state index is -1.36. The fraction of sp³-hybridized carbons (Fsp3) is 0.887. The Morgan fingerprint density at radius 2 is 0.905 bits per heavy atom. The highest BCUT2D eigenvalue weighted by atomic mass is 16.6. The van der Waals surface area contributed by atoms with Crippen LogP contribution in [0.1, 0.15) is 277 Å². The first-order valence-corrected chi connectivity index (χ1v) is 26.9. The molecule has 4 atom stereocenters. The van der Waals surface area contributed by atoms with Crippen molar-refractivity contribution in [2.75, 3.05) is 12.3 Å². The van der Waals surface area contributed by atoms with Gasteiger partial charge in [0.2, 0.25) is 0 Å². The summed E-state index contributed by atoms with van der Waals surface area (Å²) in [7, 11) is 0. The second-order valence-electron chi connectivity index (χ2n) is 19.0. The molecule has 0 bridgehead atoms. The summed E-state index contributed by atoms with van der Waals surface area (Å²) in [5, 5.41) is 11.2. The fourth-order valence-electron chi connectivity index (χ4n) is 9.00. The Labute approximate surface area is 385 Å². The molecule has 1 aliphatic rings. The second kappa shape index (κ2) is 39.9. The van der Waals surface area contributed by atoms with Crippen LogP contribution in [0.2, 0.25) is 0 Å². The predicted molar refractivity (Wildman–Crippen MR) is 260 cm³/mol. The summed E-state index contributed by atoms with van der Waals surface area (Å²) in [6, 6.07) is 1.44. The molecule has 0 saturated carbocycles. The molecule has 0 radical (unpaired) electrons. The number of nitrogen functional groups attached to an aromatic ring is 1. The van der Waals surface area contributed by atoms with E-state index < -0.39 is 36.2 Å². The number of ether oxygens (including phenoxy) is 3. The maximum absolute atomic E-state index is 13.0. The third-order valence-electron chi connectivity index (χ3n) is 13.1. The van der Waals surface area contributed by atoms with Crippen LogP contribution in [0, 0.1) is 0 Å². The first kappa shape index (κ1) is 56.7. The number of hydrogen-bond donors (Lipinski definition) is 2. The number of anilines is 1. The van der Waals surface area contributed by atoms with Gasteiger partial charge in [0.25, 0.3) is 0 Å². The zero-order valence-electron chi connectivity index (χ0n) is 40.8. The van der Waals surface area contributed by atoms with Gasteiger partial charge in [0.05, 0.1) is 0 Å². The number of carbonyl (C=O) groups excluding carboxylic acids is 2. The van der Waals surface area contributed by atoms with Crippen LogP contribution in [-0.4, -0.2) is 51.5 Å². The molecular formula is C53H97N3O7. The lowest BCUT2D eigenvalue weighted by Gasteiger charge is -2.21. The molecule has 366 valence electrons. The maximum atomic E-state index is 13.0. The molecule has 0 aliphatic carbocycles. The van der Waals surface area contributed by atoms with Gasteiger partial charge in [-0.1, -0.05) is 245 Å². The number of aliphatic hydroxyl groups is 1. The summed E-state index contributed by atoms with van der Waals surface area (Å²) >= 11 is 0. The zero-order chi connectivity index (χ0) is 45.4. The van der Waals surface area contributed by atoms with E-state index in [9.17, 15) is 19.5 Å². The van der Waals surface area contributed by atoms with Crippen molar-refractivity contribution < 1.29 is 28.9 Å². The Bertz CT molecular complexity index is 1290. The van der Waals surface area contributed by atoms with Gasteiger partial charge in [-0.05, 0) is 18.9 Å². The zero-order valence-corrected chi connectivity index (χ0v) is 40.8. The normalized spacial score (nSPS) is 17.4. The van der Waals surface area contributed by atoms with Gasteiger partial charge in [-0.25, -0.2) is 4.79 Å². The van der Waals surface area contributed by atoms with Crippen LogP contribution >= 0.6 is 0 Å². The third kappa shape index (κ3) is 29.6. The quantitative estimate of drug-likeness (QED) is 0.0483. The summed E-state index contributed by atoms with van der Waals surface area (Å²) in [5.41, 5.74) is 4.98. The third-order valence-corrected chi connectivity index (χ3v) is 13.1. The topological polar surface area (TPSA) is 143 Å². The number of unbranched alkanes of at least 4 members (excludes halogenated alkanes) is 36. The lowest BCUT2D eigenvalue weighted by molar-refractivity contribution is -0.160. The Morgan fingerprint density at radius 3 is 1.25 bits per heavy atom. The molecule has 0 unspecified atom stereocenters. The predicted octanol–water partition coefficient (Wildman–Crippen LogP) is 14.2. The maximum Gasteiger partial charge on any atom is 0.351 e. The van der Waals surface area contributed by atoms with E-state index in [2.05, 4.69) is 18.8 Å². The van der Waals surface area contributed by atoms with Gasteiger partial charge in [0, 0.05) is 19.0 Å². The van der Waals surface area contributed by atoms with Gasteiger partial charge < -0.3 is 25.1 Å². The molecule has 1 fully saturated rings. The largest absolute Gasteiger partial charge is 0.463 e. The van der Waals surface area contributed by atoms with Crippen molar-refractivity contribution in [3.8, 4) is 0 Å². The lowest BCUT2D eigenvalue weighted by atomic mass is 10.0. The minimum Gasteiger partial charge on any atom is -0.463 e. The molecule has 1 saturated heterocycles. The standard InChI is InChI=1S/C53H97N3O7/c1-3-5-7-9-11-13-15-17-19-21-23-25-27-29-31-33-35-37-39-41-48(57)61-45-46-51(50(59)52(62-46)56-44-43-47(54)55-53(56)60)63-49(58)42-40-38-36-34-32-30-28-26-24-22-20-18-16-14-12-10-8-6-4-2/h43-44,46,50-52,59H,3-42,45H2,1-2H3,(H2,54,55,60)/t46-,50+,51-,52-/m1/s1. The van der Waals surface area contributed by atoms with Gasteiger partial charge in [-0.3, -0.25) is 14.2 Å². The van der Waals surface area contributed by atoms with E-state index in [0.717, 1.165) is 36.7 Å². The first-order chi connectivity index (χ1) is 30.9. The number of rotatable bonds is 44. The van der Waals surface area contributed by atoms with Gasteiger partial charge in [-0.15, -0.1) is 0 Å². The van der Waals surface area contributed by atoms with Crippen molar-refractivity contribution in [2.24, 2.45) is 0 Å². The summed E-state index contributed by atoms with van der Waals surface area (Å²) in [6.07, 6.45) is 46.2. The lowest BCUT2D eigenvalue weighted by Crippen LogP contribution is -2.39. The highest BCUT2D eigenvalue weighted by molar-refractivity contribution is 5.70. The Morgan fingerprint density at radius 1 is 0.571 bits per heavy atom. The average molecular weight is 888 g/mol. The van der Waals surface area contributed by atoms with E-state index in [4.69, 9.17) is 19.9 Å². The number of esters is 2. The van der Waals surface area contributed by atoms with E-state index in [1.807, 2.05) is 0 Å². The Hall–Kier alpha value is -2.46. The van der Waals surface area contributed by atoms with E-state index in [1.165, 1.54) is 218 Å². The van der Waals surface area contributed by atoms with Crippen LogP contribution in [0.3, 0.4) is 0 Å². The number of aliphatic hydroxyl groups excluding tert-OH is 1. The number of nitrogens with zero attached hydrogens (tertiary/aromatic N) is 2. The van der Waals surface area contributed by atoms with Crippen molar-refractivity contribution in [1.29, 1.82) is 0 Å². The first-order valence-electron chi connectivity index (χ1n) is 26.9. The van der Waals surface area contributed by atoms with Gasteiger partial charge >= 0.3 is 17.6 Å². The molecule has 1 aliphatic heterocycles. The van der Waals surface area contributed by atoms with Crippen LogP contribution in [0.5, 0.6) is 0 Å². The summed E-state index contributed by atoms with van der Waals surface area (Å²) in [6.45, 7) is 4.36. The molecule has 2 rings (SSSR count). The van der Waals surface area contributed by atoms with Crippen LogP contribution in [-0.2, 0) is 23.8 Å². The van der Waals surface area contributed by atoms with Gasteiger partial charge in [-0.2, -0.15) is 4.98 Å². The van der Waals surface area contributed by atoms with Crippen LogP contribution in [0.4, 0.5) is 5.82 Å². The number of nitrogens with two attached hydrogens (primary N) is 1.